The van der Waals surface area contributed by atoms with E-state index in [1.54, 1.807) is 0 Å². The molecule has 2 N–H and O–H groups in total. The predicted molar refractivity (Wildman–Crippen MR) is 67.2 cm³/mol. The van der Waals surface area contributed by atoms with Gasteiger partial charge in [-0.25, -0.2) is 0 Å². The first-order valence-electron chi connectivity index (χ1n) is 6.59. The van der Waals surface area contributed by atoms with Crippen molar-refractivity contribution >= 4 is 0 Å². The van der Waals surface area contributed by atoms with Crippen LogP contribution in [0.25, 0.3) is 0 Å². The summed E-state index contributed by atoms with van der Waals surface area (Å²) in [7, 11) is 0. The Labute approximate surface area is 104 Å². The molecular weight excluding hydrogens is 220 g/mol. The van der Waals surface area contributed by atoms with E-state index in [-0.39, 0.29) is 6.10 Å². The molecule has 5 nitrogen and oxygen atoms in total. The van der Waals surface area contributed by atoms with Crippen molar-refractivity contribution in [1.82, 2.24) is 10.2 Å². The number of hydrogen-bond acceptors (Lipinski definition) is 5. The quantitative estimate of drug-likeness (QED) is 0.547. The molecule has 0 saturated carbocycles. The molecule has 1 heterocycles. The molecule has 1 aliphatic heterocycles. The van der Waals surface area contributed by atoms with Gasteiger partial charge in [0.1, 0.15) is 0 Å². The highest BCUT2D eigenvalue weighted by Crippen LogP contribution is 1.98. The molecule has 1 unspecified atom stereocenters. The van der Waals surface area contributed by atoms with Crippen LogP contribution in [0.15, 0.2) is 0 Å². The Hall–Kier alpha value is -0.200. The highest BCUT2D eigenvalue weighted by atomic mass is 16.5. The number of aliphatic hydroxyl groups is 1. The Balaban J connectivity index is 1.91. The number of rotatable bonds is 9. The van der Waals surface area contributed by atoms with Crippen molar-refractivity contribution in [1.29, 1.82) is 0 Å². The first-order chi connectivity index (χ1) is 8.33. The summed E-state index contributed by atoms with van der Waals surface area (Å²) in [6, 6.07) is 0. The minimum atomic E-state index is -0.291. The van der Waals surface area contributed by atoms with Crippen molar-refractivity contribution in [3.8, 4) is 0 Å². The lowest BCUT2D eigenvalue weighted by Gasteiger charge is -2.28. The summed E-state index contributed by atoms with van der Waals surface area (Å²) in [5, 5.41) is 13.1. The SMILES string of the molecule is CCOCCCNCC(O)CN1CCOCC1. The van der Waals surface area contributed by atoms with E-state index in [2.05, 4.69) is 10.2 Å². The molecule has 17 heavy (non-hydrogen) atoms. The fourth-order valence-corrected chi connectivity index (χ4v) is 1.86. The molecule has 5 heteroatoms. The number of ether oxygens (including phenoxy) is 2. The highest BCUT2D eigenvalue weighted by molar-refractivity contribution is 4.69. The third kappa shape index (κ3) is 7.68. The van der Waals surface area contributed by atoms with Crippen molar-refractivity contribution in [2.75, 3.05) is 59.2 Å². The predicted octanol–water partition coefficient (Wildman–Crippen LogP) is -0.304. The molecule has 1 saturated heterocycles. The number of hydrogen-bond donors (Lipinski definition) is 2. The van der Waals surface area contributed by atoms with Crippen molar-refractivity contribution in [2.45, 2.75) is 19.4 Å². The molecule has 0 aromatic heterocycles. The summed E-state index contributed by atoms with van der Waals surface area (Å²) in [4.78, 5) is 2.25. The molecule has 1 fully saturated rings. The van der Waals surface area contributed by atoms with E-state index in [9.17, 15) is 5.11 Å². The first-order valence-corrected chi connectivity index (χ1v) is 6.59. The largest absolute Gasteiger partial charge is 0.390 e. The van der Waals surface area contributed by atoms with Crippen LogP contribution in [0.2, 0.25) is 0 Å². The molecule has 0 aromatic rings. The van der Waals surface area contributed by atoms with E-state index in [0.717, 1.165) is 59.0 Å². The van der Waals surface area contributed by atoms with Crippen LogP contribution in [-0.4, -0.2) is 75.3 Å². The molecule has 0 aliphatic carbocycles. The number of nitrogens with zero attached hydrogens (tertiary/aromatic N) is 1. The van der Waals surface area contributed by atoms with Crippen molar-refractivity contribution in [3.05, 3.63) is 0 Å². The van der Waals surface area contributed by atoms with Gasteiger partial charge in [-0.05, 0) is 19.9 Å². The van der Waals surface area contributed by atoms with Gasteiger partial charge in [-0.1, -0.05) is 0 Å². The van der Waals surface area contributed by atoms with Gasteiger partial charge in [0.05, 0.1) is 19.3 Å². The van der Waals surface area contributed by atoms with Crippen LogP contribution in [-0.2, 0) is 9.47 Å². The van der Waals surface area contributed by atoms with E-state index in [4.69, 9.17) is 9.47 Å². The van der Waals surface area contributed by atoms with Crippen LogP contribution >= 0.6 is 0 Å². The third-order valence-electron chi connectivity index (χ3n) is 2.80. The van der Waals surface area contributed by atoms with Gasteiger partial charge in [-0.3, -0.25) is 4.90 Å². The van der Waals surface area contributed by atoms with E-state index in [1.807, 2.05) is 6.92 Å². The molecule has 0 aromatic carbocycles. The summed E-state index contributed by atoms with van der Waals surface area (Å²) in [5.74, 6) is 0. The maximum atomic E-state index is 9.83. The van der Waals surface area contributed by atoms with Crippen LogP contribution in [0, 0.1) is 0 Å². The summed E-state index contributed by atoms with van der Waals surface area (Å²) in [5.41, 5.74) is 0. The summed E-state index contributed by atoms with van der Waals surface area (Å²) < 4.78 is 10.5. The molecule has 0 radical (unpaired) electrons. The number of nitrogens with one attached hydrogen (secondary N) is 1. The second-order valence-corrected chi connectivity index (χ2v) is 4.32. The average Bonchev–Trinajstić information content (AvgIpc) is 2.35. The molecular formula is C12H26N2O3. The zero-order valence-corrected chi connectivity index (χ0v) is 10.9. The molecule has 102 valence electrons. The Morgan fingerprint density at radius 3 is 2.88 bits per heavy atom. The van der Waals surface area contributed by atoms with E-state index in [0.29, 0.717) is 6.54 Å². The van der Waals surface area contributed by atoms with Gasteiger partial charge >= 0.3 is 0 Å². The van der Waals surface area contributed by atoms with Gasteiger partial charge in [0.15, 0.2) is 0 Å². The van der Waals surface area contributed by atoms with Gasteiger partial charge < -0.3 is 19.9 Å². The lowest BCUT2D eigenvalue weighted by molar-refractivity contribution is 0.0149. The van der Waals surface area contributed by atoms with Gasteiger partial charge in [-0.15, -0.1) is 0 Å². The first kappa shape index (κ1) is 14.9. The Morgan fingerprint density at radius 1 is 1.41 bits per heavy atom. The molecule has 0 bridgehead atoms. The van der Waals surface area contributed by atoms with Crippen molar-refractivity contribution in [2.24, 2.45) is 0 Å². The van der Waals surface area contributed by atoms with Gasteiger partial charge in [-0.2, -0.15) is 0 Å². The highest BCUT2D eigenvalue weighted by Gasteiger charge is 2.14. The lowest BCUT2D eigenvalue weighted by Crippen LogP contribution is -2.43. The van der Waals surface area contributed by atoms with Crippen LogP contribution in [0.3, 0.4) is 0 Å². The van der Waals surface area contributed by atoms with Crippen molar-refractivity contribution < 1.29 is 14.6 Å². The standard InChI is InChI=1S/C12H26N2O3/c1-2-16-7-3-4-13-10-12(15)11-14-5-8-17-9-6-14/h12-13,15H,2-11H2,1H3. The second-order valence-electron chi connectivity index (χ2n) is 4.32. The zero-order chi connectivity index (χ0) is 12.3. The van der Waals surface area contributed by atoms with E-state index in [1.165, 1.54) is 0 Å². The monoisotopic (exact) mass is 246 g/mol. The average molecular weight is 246 g/mol. The topological polar surface area (TPSA) is 54.0 Å². The summed E-state index contributed by atoms with van der Waals surface area (Å²) in [6.45, 7) is 9.31. The summed E-state index contributed by atoms with van der Waals surface area (Å²) in [6.07, 6.45) is 0.707. The Morgan fingerprint density at radius 2 is 2.18 bits per heavy atom. The van der Waals surface area contributed by atoms with E-state index < -0.39 is 0 Å². The Bertz CT molecular complexity index is 175. The van der Waals surface area contributed by atoms with Crippen LogP contribution in [0.1, 0.15) is 13.3 Å². The Kier molecular flexibility index (Phi) is 8.56. The molecule has 1 rings (SSSR count). The van der Waals surface area contributed by atoms with Crippen LogP contribution < -0.4 is 5.32 Å². The maximum Gasteiger partial charge on any atom is 0.0791 e. The van der Waals surface area contributed by atoms with Gasteiger partial charge in [0, 0.05) is 39.4 Å². The van der Waals surface area contributed by atoms with Gasteiger partial charge in [0.25, 0.3) is 0 Å². The fraction of sp³-hybridized carbons (Fsp3) is 1.00. The third-order valence-corrected chi connectivity index (χ3v) is 2.80. The fourth-order valence-electron chi connectivity index (χ4n) is 1.86. The van der Waals surface area contributed by atoms with E-state index >= 15 is 0 Å². The number of aliphatic hydroxyl groups excluding tert-OH is 1. The second kappa shape index (κ2) is 9.79. The van der Waals surface area contributed by atoms with Gasteiger partial charge in [0.2, 0.25) is 0 Å². The normalized spacial score (nSPS) is 19.4. The summed E-state index contributed by atoms with van der Waals surface area (Å²) >= 11 is 0. The van der Waals surface area contributed by atoms with Crippen LogP contribution in [0.4, 0.5) is 0 Å². The smallest absolute Gasteiger partial charge is 0.0791 e. The lowest BCUT2D eigenvalue weighted by atomic mass is 10.3. The number of morpholine rings is 1. The molecule has 0 spiro atoms. The molecule has 1 aliphatic rings. The van der Waals surface area contributed by atoms with Crippen molar-refractivity contribution in [3.63, 3.8) is 0 Å². The minimum absolute atomic E-state index is 0.291. The number of β-amino-alcohol motifs (C(OH)–C–C–N with tert-alkyl or cyclic N) is 1. The van der Waals surface area contributed by atoms with Crippen LogP contribution in [0.5, 0.6) is 0 Å². The zero-order valence-electron chi connectivity index (χ0n) is 10.9. The molecule has 0 amide bonds. The maximum absolute atomic E-state index is 9.83. The minimum Gasteiger partial charge on any atom is -0.390 e. The molecule has 1 atom stereocenters.